The number of carbonyl (C=O) groups is 1. The molecule has 5 nitrogen and oxygen atoms in total. The molecule has 4 saturated carbocycles. The summed E-state index contributed by atoms with van der Waals surface area (Å²) in [6.45, 7) is 8.39. The van der Waals surface area contributed by atoms with Gasteiger partial charge in [0.2, 0.25) is 5.79 Å². The highest BCUT2D eigenvalue weighted by Crippen LogP contribution is 2.81. The zero-order valence-electron chi connectivity index (χ0n) is 14.8. The molecule has 4 saturated heterocycles. The van der Waals surface area contributed by atoms with E-state index in [1.807, 2.05) is 0 Å². The molecule has 136 valence electrons. The molecule has 0 aromatic heterocycles. The topological polar surface area (TPSA) is 76.0 Å². The van der Waals surface area contributed by atoms with Gasteiger partial charge in [0.1, 0.15) is 11.5 Å². The van der Waals surface area contributed by atoms with E-state index >= 15 is 0 Å². The first-order chi connectivity index (χ1) is 11.7. The minimum atomic E-state index is -1.85. The van der Waals surface area contributed by atoms with Crippen molar-refractivity contribution in [2.75, 3.05) is 0 Å². The van der Waals surface area contributed by atoms with Gasteiger partial charge in [-0.25, -0.2) is 0 Å². The van der Waals surface area contributed by atoms with E-state index < -0.39 is 23.6 Å². The van der Waals surface area contributed by atoms with E-state index in [1.54, 1.807) is 0 Å². The summed E-state index contributed by atoms with van der Waals surface area (Å²) in [5.74, 6) is -2.11. The van der Waals surface area contributed by atoms with Crippen LogP contribution in [0.2, 0.25) is 0 Å². The van der Waals surface area contributed by atoms with Crippen molar-refractivity contribution in [2.24, 2.45) is 34.0 Å². The summed E-state index contributed by atoms with van der Waals surface area (Å²) in [7, 11) is 0. The first kappa shape index (κ1) is 15.3. The summed E-state index contributed by atoms with van der Waals surface area (Å²) in [5, 5.41) is 23.1. The normalized spacial score (nSPS) is 63.0. The fourth-order valence-corrected chi connectivity index (χ4v) is 8.46. The third kappa shape index (κ3) is 1.18. The number of aliphatic hydroxyl groups is 2. The quantitative estimate of drug-likeness (QED) is 0.654. The molecule has 0 radical (unpaired) electrons. The van der Waals surface area contributed by atoms with E-state index in [4.69, 9.17) is 9.47 Å². The van der Waals surface area contributed by atoms with Crippen LogP contribution in [-0.2, 0) is 14.3 Å². The third-order valence-electron chi connectivity index (χ3n) is 9.05. The van der Waals surface area contributed by atoms with Crippen LogP contribution in [0.1, 0.15) is 46.0 Å². The number of hydrogen-bond acceptors (Lipinski definition) is 5. The maximum atomic E-state index is 13.4. The lowest BCUT2D eigenvalue weighted by Crippen LogP contribution is -2.89. The zero-order chi connectivity index (χ0) is 17.6. The smallest absolute Gasteiger partial charge is 0.211 e. The van der Waals surface area contributed by atoms with Crippen molar-refractivity contribution in [2.45, 2.75) is 70.2 Å². The van der Waals surface area contributed by atoms with Gasteiger partial charge in [-0.1, -0.05) is 26.8 Å². The van der Waals surface area contributed by atoms with E-state index in [2.05, 4.69) is 20.4 Å². The second-order valence-corrected chi connectivity index (χ2v) is 10.0. The fraction of sp³-hybridized carbons (Fsp3) is 0.850. The largest absolute Gasteiger partial charge is 0.387 e. The Morgan fingerprint density at radius 3 is 2.76 bits per heavy atom. The van der Waals surface area contributed by atoms with Gasteiger partial charge in [-0.3, -0.25) is 4.79 Å². The number of aliphatic hydroxyl groups excluding tert-OH is 1. The Bertz CT molecular complexity index is 730. The lowest BCUT2D eigenvalue weighted by molar-refractivity contribution is -0.549. The molecule has 9 atom stereocenters. The standard InChI is InChI=1S/C20H26O5/c1-9-10-5-6-11-18-8-4-7-17(2,3)12(18)14(22)20(23)19(11,13(9)21)15(10)24-16(18)25-20/h10-12,14-16,22-23H,1,4-8H2,2-3H3/t10-,11+,12+,14-,15+,16-,18+,19-,20-/m0/s1. The SMILES string of the molecule is C=C1C(=O)[C@@]23[C@@H]4O[C@H]5O[C@@]2(O)[C@@H](O)[C@@H]2C(C)(C)CCC[C@]52[C@H]3CC[C@@H]14. The lowest BCUT2D eigenvalue weighted by Gasteiger charge is -2.79. The van der Waals surface area contributed by atoms with Gasteiger partial charge in [0.05, 0.1) is 6.10 Å². The highest BCUT2D eigenvalue weighted by molar-refractivity contribution is 6.05. The fourth-order valence-electron chi connectivity index (χ4n) is 8.46. The zero-order valence-corrected chi connectivity index (χ0v) is 14.8. The highest BCUT2D eigenvalue weighted by atomic mass is 16.8. The van der Waals surface area contributed by atoms with Crippen LogP contribution >= 0.6 is 0 Å². The van der Waals surface area contributed by atoms with Crippen molar-refractivity contribution in [3.05, 3.63) is 12.2 Å². The van der Waals surface area contributed by atoms with Crippen molar-refractivity contribution < 1.29 is 24.5 Å². The van der Waals surface area contributed by atoms with Crippen LogP contribution in [0.5, 0.6) is 0 Å². The maximum absolute atomic E-state index is 13.4. The molecule has 4 aliphatic carbocycles. The molecule has 4 heterocycles. The van der Waals surface area contributed by atoms with E-state index in [-0.39, 0.29) is 40.5 Å². The monoisotopic (exact) mass is 346 g/mol. The van der Waals surface area contributed by atoms with E-state index in [1.165, 1.54) is 0 Å². The van der Waals surface area contributed by atoms with Crippen LogP contribution in [0.25, 0.3) is 0 Å². The third-order valence-corrected chi connectivity index (χ3v) is 9.05. The minimum absolute atomic E-state index is 0.0125. The Morgan fingerprint density at radius 1 is 1.24 bits per heavy atom. The van der Waals surface area contributed by atoms with Crippen LogP contribution in [0.4, 0.5) is 0 Å². The van der Waals surface area contributed by atoms with Crippen molar-refractivity contribution in [3.8, 4) is 0 Å². The van der Waals surface area contributed by atoms with Crippen molar-refractivity contribution in [1.82, 2.24) is 0 Å². The lowest BCUT2D eigenvalue weighted by atomic mass is 9.34. The van der Waals surface area contributed by atoms with Gasteiger partial charge in [0, 0.05) is 17.3 Å². The molecule has 5 heteroatoms. The Balaban J connectivity index is 1.68. The molecule has 8 rings (SSSR count). The first-order valence-corrected chi connectivity index (χ1v) is 9.70. The van der Waals surface area contributed by atoms with Crippen molar-refractivity contribution in [3.63, 3.8) is 0 Å². The summed E-state index contributed by atoms with van der Waals surface area (Å²) in [5.41, 5.74) is -1.10. The molecule has 0 aromatic rings. The molecule has 4 aliphatic heterocycles. The summed E-state index contributed by atoms with van der Waals surface area (Å²) in [6, 6.07) is 0. The van der Waals surface area contributed by atoms with Crippen LogP contribution < -0.4 is 0 Å². The summed E-state index contributed by atoms with van der Waals surface area (Å²) < 4.78 is 12.4. The highest BCUT2D eigenvalue weighted by Gasteiger charge is 2.91. The molecular formula is C20H26O5. The Labute approximate surface area is 147 Å². The van der Waals surface area contributed by atoms with E-state index in [0.29, 0.717) is 5.57 Å². The van der Waals surface area contributed by atoms with Gasteiger partial charge in [-0.2, -0.15) is 0 Å². The molecule has 0 aromatic carbocycles. The molecular weight excluding hydrogens is 320 g/mol. The predicted octanol–water partition coefficient (Wildman–Crippen LogP) is 1.77. The van der Waals surface area contributed by atoms with Gasteiger partial charge in [-0.15, -0.1) is 0 Å². The molecule has 2 spiro atoms. The second-order valence-electron chi connectivity index (χ2n) is 10.0. The van der Waals surface area contributed by atoms with E-state index in [0.717, 1.165) is 32.1 Å². The number of rotatable bonds is 0. The van der Waals surface area contributed by atoms with Gasteiger partial charge < -0.3 is 19.7 Å². The van der Waals surface area contributed by atoms with Gasteiger partial charge in [0.25, 0.3) is 0 Å². The van der Waals surface area contributed by atoms with Crippen molar-refractivity contribution in [1.29, 1.82) is 0 Å². The number of ether oxygens (including phenoxy) is 2. The van der Waals surface area contributed by atoms with Gasteiger partial charge >= 0.3 is 0 Å². The van der Waals surface area contributed by atoms with Crippen LogP contribution in [-0.4, -0.2) is 40.3 Å². The molecule has 2 N–H and O–H groups in total. The summed E-state index contributed by atoms with van der Waals surface area (Å²) in [6.07, 6.45) is 2.73. The molecule has 0 unspecified atom stereocenters. The van der Waals surface area contributed by atoms with Crippen LogP contribution in [0.3, 0.4) is 0 Å². The first-order valence-electron chi connectivity index (χ1n) is 9.70. The average molecular weight is 346 g/mol. The number of ketones is 1. The molecule has 0 amide bonds. The van der Waals surface area contributed by atoms with E-state index in [9.17, 15) is 15.0 Å². The number of Topliss-reactive ketones (excluding diaryl/α,β-unsaturated/α-hetero) is 1. The minimum Gasteiger partial charge on any atom is -0.387 e. The van der Waals surface area contributed by atoms with Crippen LogP contribution in [0.15, 0.2) is 12.2 Å². The Kier molecular flexibility index (Phi) is 2.40. The van der Waals surface area contributed by atoms with Crippen LogP contribution in [0, 0.1) is 34.0 Å². The number of carbonyl (C=O) groups excluding carboxylic acids is 1. The predicted molar refractivity (Wildman–Crippen MR) is 87.1 cm³/mol. The van der Waals surface area contributed by atoms with Gasteiger partial charge in [0.15, 0.2) is 12.1 Å². The summed E-state index contributed by atoms with van der Waals surface area (Å²) >= 11 is 0. The second kappa shape index (κ2) is 3.91. The molecule has 8 fully saturated rings. The Hall–Kier alpha value is -0.750. The van der Waals surface area contributed by atoms with Crippen molar-refractivity contribution >= 4 is 5.78 Å². The molecule has 7 bridgehead atoms. The average Bonchev–Trinajstić information content (AvgIpc) is 2.68. The van der Waals surface area contributed by atoms with Gasteiger partial charge in [-0.05, 0) is 42.6 Å². The molecule has 25 heavy (non-hydrogen) atoms. The summed E-state index contributed by atoms with van der Waals surface area (Å²) in [4.78, 5) is 13.4. The molecule has 8 aliphatic rings. The Morgan fingerprint density at radius 2 is 2.00 bits per heavy atom. The maximum Gasteiger partial charge on any atom is 0.211 e. The number of hydrogen-bond donors (Lipinski definition) is 2.